The Hall–Kier alpha value is -2.15. The van der Waals surface area contributed by atoms with Gasteiger partial charge in [0.2, 0.25) is 5.91 Å². The molecule has 0 bridgehead atoms. The molecule has 0 unspecified atom stereocenters. The SMILES string of the molecule is CC(=O)NC[C@H]1CN(c2csc3ncc(C)cc23)C(=O)O1. The van der Waals surface area contributed by atoms with E-state index in [0.717, 1.165) is 21.5 Å². The molecule has 1 atom stereocenters. The number of hydrogen-bond donors (Lipinski definition) is 1. The number of amides is 2. The van der Waals surface area contributed by atoms with Crippen LogP contribution in [0.3, 0.4) is 0 Å². The molecule has 0 aliphatic carbocycles. The maximum atomic E-state index is 12.0. The molecular weight excluding hydrogens is 290 g/mol. The first kappa shape index (κ1) is 13.8. The fourth-order valence-corrected chi connectivity index (χ4v) is 3.18. The zero-order valence-electron chi connectivity index (χ0n) is 11.8. The largest absolute Gasteiger partial charge is 0.442 e. The predicted molar refractivity (Wildman–Crippen MR) is 80.7 cm³/mol. The minimum Gasteiger partial charge on any atom is -0.442 e. The highest BCUT2D eigenvalue weighted by Gasteiger charge is 2.33. The molecule has 1 saturated heterocycles. The summed E-state index contributed by atoms with van der Waals surface area (Å²) in [6.45, 7) is 4.17. The Bertz CT molecular complexity index is 713. The first-order valence-electron chi connectivity index (χ1n) is 6.61. The second kappa shape index (κ2) is 5.33. The summed E-state index contributed by atoms with van der Waals surface area (Å²) in [5, 5.41) is 5.54. The summed E-state index contributed by atoms with van der Waals surface area (Å²) in [7, 11) is 0. The van der Waals surface area contributed by atoms with E-state index in [4.69, 9.17) is 4.74 Å². The van der Waals surface area contributed by atoms with Crippen molar-refractivity contribution in [2.75, 3.05) is 18.0 Å². The van der Waals surface area contributed by atoms with Gasteiger partial charge in [0.25, 0.3) is 0 Å². The van der Waals surface area contributed by atoms with Crippen LogP contribution in [0, 0.1) is 6.92 Å². The van der Waals surface area contributed by atoms with Crippen molar-refractivity contribution in [1.82, 2.24) is 10.3 Å². The molecule has 0 radical (unpaired) electrons. The summed E-state index contributed by atoms with van der Waals surface area (Å²) in [6.07, 6.45) is 1.10. The van der Waals surface area contributed by atoms with Crippen LogP contribution in [-0.4, -0.2) is 36.2 Å². The quantitative estimate of drug-likeness (QED) is 0.942. The number of nitrogens with one attached hydrogen (secondary N) is 1. The maximum Gasteiger partial charge on any atom is 0.414 e. The maximum absolute atomic E-state index is 12.0. The fourth-order valence-electron chi connectivity index (χ4n) is 2.30. The molecule has 0 spiro atoms. The number of ether oxygens (including phenoxy) is 1. The van der Waals surface area contributed by atoms with Crippen LogP contribution in [0.1, 0.15) is 12.5 Å². The number of rotatable bonds is 3. The van der Waals surface area contributed by atoms with E-state index in [2.05, 4.69) is 10.3 Å². The Morgan fingerprint density at radius 1 is 1.62 bits per heavy atom. The molecule has 1 aliphatic rings. The van der Waals surface area contributed by atoms with Crippen molar-refractivity contribution >= 4 is 39.2 Å². The van der Waals surface area contributed by atoms with Crippen molar-refractivity contribution in [2.24, 2.45) is 0 Å². The van der Waals surface area contributed by atoms with E-state index < -0.39 is 0 Å². The van der Waals surface area contributed by atoms with Crippen LogP contribution < -0.4 is 10.2 Å². The van der Waals surface area contributed by atoms with E-state index in [1.54, 1.807) is 4.90 Å². The Morgan fingerprint density at radius 2 is 2.43 bits per heavy atom. The molecule has 21 heavy (non-hydrogen) atoms. The normalized spacial score (nSPS) is 18.1. The van der Waals surface area contributed by atoms with E-state index in [1.165, 1.54) is 18.3 Å². The van der Waals surface area contributed by atoms with Gasteiger partial charge in [-0.25, -0.2) is 9.78 Å². The van der Waals surface area contributed by atoms with Crippen LogP contribution in [0.2, 0.25) is 0 Å². The number of cyclic esters (lactones) is 1. The van der Waals surface area contributed by atoms with Crippen LogP contribution in [0.15, 0.2) is 17.6 Å². The fraction of sp³-hybridized carbons (Fsp3) is 0.357. The molecule has 2 aromatic heterocycles. The Kier molecular flexibility index (Phi) is 3.50. The molecule has 3 rings (SSSR count). The molecule has 110 valence electrons. The van der Waals surface area contributed by atoms with Crippen LogP contribution in [0.25, 0.3) is 10.2 Å². The summed E-state index contributed by atoms with van der Waals surface area (Å²) in [5.41, 5.74) is 1.87. The lowest BCUT2D eigenvalue weighted by atomic mass is 10.2. The molecule has 7 heteroatoms. The Labute approximate surface area is 125 Å². The van der Waals surface area contributed by atoms with Crippen LogP contribution in [0.4, 0.5) is 10.5 Å². The van der Waals surface area contributed by atoms with Gasteiger partial charge in [-0.1, -0.05) is 0 Å². The van der Waals surface area contributed by atoms with Crippen molar-refractivity contribution < 1.29 is 14.3 Å². The molecule has 1 fully saturated rings. The highest BCUT2D eigenvalue weighted by molar-refractivity contribution is 7.17. The van der Waals surface area contributed by atoms with Crippen molar-refractivity contribution in [1.29, 1.82) is 0 Å². The van der Waals surface area contributed by atoms with E-state index in [1.807, 2.05) is 24.6 Å². The number of aryl methyl sites for hydroxylation is 1. The highest BCUT2D eigenvalue weighted by Crippen LogP contribution is 2.34. The summed E-state index contributed by atoms with van der Waals surface area (Å²) >= 11 is 1.50. The molecule has 1 N–H and O–H groups in total. The molecule has 2 amide bonds. The van der Waals surface area contributed by atoms with Crippen LogP contribution >= 0.6 is 11.3 Å². The standard InChI is InChI=1S/C14H15N3O3S/c1-8-3-11-12(7-21-13(11)16-4-8)17-6-10(20-14(17)19)5-15-9(2)18/h3-4,7,10H,5-6H2,1-2H3,(H,15,18)/t10-/m0/s1. The summed E-state index contributed by atoms with van der Waals surface area (Å²) in [6, 6.07) is 2.02. The van der Waals surface area contributed by atoms with Gasteiger partial charge in [-0.05, 0) is 18.6 Å². The van der Waals surface area contributed by atoms with Crippen molar-refractivity contribution in [2.45, 2.75) is 20.0 Å². The smallest absolute Gasteiger partial charge is 0.414 e. The number of pyridine rings is 1. The topological polar surface area (TPSA) is 71.5 Å². The van der Waals surface area contributed by atoms with Gasteiger partial charge < -0.3 is 10.1 Å². The van der Waals surface area contributed by atoms with Gasteiger partial charge in [-0.15, -0.1) is 11.3 Å². The molecule has 1 aliphatic heterocycles. The Balaban J connectivity index is 1.84. The average Bonchev–Trinajstić information content (AvgIpc) is 2.99. The minimum absolute atomic E-state index is 0.134. The van der Waals surface area contributed by atoms with Gasteiger partial charge in [0.15, 0.2) is 0 Å². The highest BCUT2D eigenvalue weighted by atomic mass is 32.1. The van der Waals surface area contributed by atoms with Crippen molar-refractivity contribution in [3.05, 3.63) is 23.2 Å². The predicted octanol–water partition coefficient (Wildman–Crippen LogP) is 2.07. The minimum atomic E-state index is -0.383. The number of carbonyl (C=O) groups is 2. The van der Waals surface area contributed by atoms with Gasteiger partial charge in [0.05, 0.1) is 18.8 Å². The zero-order chi connectivity index (χ0) is 15.0. The van der Waals surface area contributed by atoms with Gasteiger partial charge in [-0.3, -0.25) is 9.69 Å². The van der Waals surface area contributed by atoms with Gasteiger partial charge >= 0.3 is 6.09 Å². The third-order valence-corrected chi connectivity index (χ3v) is 4.18. The number of nitrogens with zero attached hydrogens (tertiary/aromatic N) is 2. The summed E-state index contributed by atoms with van der Waals surface area (Å²) in [5.74, 6) is -0.134. The molecular formula is C14H15N3O3S. The number of thiophene rings is 1. The molecule has 3 heterocycles. The molecule has 2 aromatic rings. The number of carbonyl (C=O) groups excluding carboxylic acids is 2. The first-order valence-corrected chi connectivity index (χ1v) is 7.49. The molecule has 0 saturated carbocycles. The third kappa shape index (κ3) is 2.69. The first-order chi connectivity index (χ1) is 10.0. The van der Waals surface area contributed by atoms with E-state index >= 15 is 0 Å². The number of aromatic nitrogens is 1. The number of anilines is 1. The van der Waals surface area contributed by atoms with E-state index in [0.29, 0.717) is 13.1 Å². The van der Waals surface area contributed by atoms with Crippen molar-refractivity contribution in [3.63, 3.8) is 0 Å². The Morgan fingerprint density at radius 3 is 3.19 bits per heavy atom. The van der Waals surface area contributed by atoms with E-state index in [9.17, 15) is 9.59 Å². The van der Waals surface area contributed by atoms with Gasteiger partial charge in [0.1, 0.15) is 10.9 Å². The van der Waals surface area contributed by atoms with Gasteiger partial charge in [-0.2, -0.15) is 0 Å². The monoisotopic (exact) mass is 305 g/mol. The average molecular weight is 305 g/mol. The molecule has 0 aromatic carbocycles. The van der Waals surface area contributed by atoms with Crippen molar-refractivity contribution in [3.8, 4) is 0 Å². The van der Waals surface area contributed by atoms with Crippen LogP contribution in [0.5, 0.6) is 0 Å². The lowest BCUT2D eigenvalue weighted by molar-refractivity contribution is -0.119. The lowest BCUT2D eigenvalue weighted by Gasteiger charge is -2.12. The van der Waals surface area contributed by atoms with E-state index in [-0.39, 0.29) is 18.1 Å². The van der Waals surface area contributed by atoms with Crippen LogP contribution in [-0.2, 0) is 9.53 Å². The van der Waals surface area contributed by atoms with Gasteiger partial charge in [0, 0.05) is 23.9 Å². The number of hydrogen-bond acceptors (Lipinski definition) is 5. The lowest BCUT2D eigenvalue weighted by Crippen LogP contribution is -2.33. The zero-order valence-corrected chi connectivity index (χ0v) is 12.6. The second-order valence-electron chi connectivity index (χ2n) is 5.04. The summed E-state index contributed by atoms with van der Waals surface area (Å²) < 4.78 is 5.28. The second-order valence-corrected chi connectivity index (χ2v) is 5.90. The third-order valence-electron chi connectivity index (χ3n) is 3.29. The summed E-state index contributed by atoms with van der Waals surface area (Å²) in [4.78, 5) is 29.8. The number of fused-ring (bicyclic) bond motifs is 1. The molecule has 6 nitrogen and oxygen atoms in total.